The van der Waals surface area contributed by atoms with Crippen LogP contribution in [0.25, 0.3) is 11.4 Å². The van der Waals surface area contributed by atoms with Gasteiger partial charge in [-0.2, -0.15) is 15.2 Å². The first-order chi connectivity index (χ1) is 16.0. The number of hydrogen-bond acceptors (Lipinski definition) is 9. The zero-order valence-corrected chi connectivity index (χ0v) is 19.2. The molecule has 3 heterocycles. The lowest BCUT2D eigenvalue weighted by Crippen LogP contribution is -2.42. The number of carbonyl (C=O) groups is 1. The van der Waals surface area contributed by atoms with E-state index in [0.717, 1.165) is 11.1 Å². The van der Waals surface area contributed by atoms with E-state index in [1.165, 1.54) is 30.0 Å². The van der Waals surface area contributed by atoms with Crippen LogP contribution < -0.4 is 9.64 Å². The van der Waals surface area contributed by atoms with Crippen LogP contribution in [0.15, 0.2) is 74.0 Å². The van der Waals surface area contributed by atoms with Crippen molar-refractivity contribution in [2.24, 2.45) is 15.2 Å². The molecule has 3 aromatic rings. The van der Waals surface area contributed by atoms with Crippen LogP contribution in [-0.2, 0) is 10.5 Å². The summed E-state index contributed by atoms with van der Waals surface area (Å²) < 4.78 is 10.6. The number of fused-ring (bicyclic) bond motifs is 1. The highest BCUT2D eigenvalue weighted by atomic mass is 35.5. The maximum Gasteiger partial charge on any atom is 0.266 e. The van der Waals surface area contributed by atoms with Crippen molar-refractivity contribution >= 4 is 40.1 Å². The Labute approximate surface area is 198 Å². The predicted octanol–water partition coefficient (Wildman–Crippen LogP) is 5.02. The van der Waals surface area contributed by atoms with Crippen molar-refractivity contribution in [3.63, 3.8) is 0 Å². The minimum Gasteiger partial charge on any atom is -0.495 e. The Morgan fingerprint density at radius 1 is 1.24 bits per heavy atom. The zero-order chi connectivity index (χ0) is 22.9. The number of amidine groups is 1. The van der Waals surface area contributed by atoms with Gasteiger partial charge in [0.25, 0.3) is 5.91 Å². The average molecular weight is 481 g/mol. The van der Waals surface area contributed by atoms with E-state index in [9.17, 15) is 4.79 Å². The summed E-state index contributed by atoms with van der Waals surface area (Å²) in [6.07, 6.45) is 0.776. The molecule has 2 aliphatic heterocycles. The molecule has 2 aromatic carbocycles. The molecular weight excluding hydrogens is 464 g/mol. The Hall–Kier alpha value is -3.50. The van der Waals surface area contributed by atoms with E-state index in [2.05, 4.69) is 25.4 Å². The second-order valence-corrected chi connectivity index (χ2v) is 8.58. The van der Waals surface area contributed by atoms with Crippen LogP contribution in [0.1, 0.15) is 11.5 Å². The molecule has 0 saturated heterocycles. The highest BCUT2D eigenvalue weighted by Gasteiger charge is 2.37. The number of aryl methyl sites for hydroxylation is 1. The third-order valence-corrected chi connectivity index (χ3v) is 6.22. The number of methoxy groups -OCH3 is 1. The van der Waals surface area contributed by atoms with Gasteiger partial charge in [0.2, 0.25) is 11.7 Å². The number of halogens is 1. The van der Waals surface area contributed by atoms with Crippen molar-refractivity contribution in [2.75, 3.05) is 12.0 Å². The number of aliphatic imine (C=N–C) groups is 1. The van der Waals surface area contributed by atoms with Gasteiger partial charge in [0.15, 0.2) is 11.3 Å². The molecule has 11 heteroatoms. The standard InChI is InChI=1S/C22H17ClN6O3S/c1-12-4-3-5-13(8-12)19-25-18(32-28-19)11-33-22-26-20-15(10-24-27-20)21(30)29(22)14-6-7-17(31-2)16(23)9-14/h3-10,20H,11H2,1-2H3. The zero-order valence-electron chi connectivity index (χ0n) is 17.6. The second kappa shape index (κ2) is 8.80. The van der Waals surface area contributed by atoms with Gasteiger partial charge in [-0.15, -0.1) is 0 Å². The lowest BCUT2D eigenvalue weighted by atomic mass is 10.1. The Bertz CT molecular complexity index is 1340. The Morgan fingerprint density at radius 3 is 2.91 bits per heavy atom. The molecule has 0 aliphatic carbocycles. The Balaban J connectivity index is 1.42. The van der Waals surface area contributed by atoms with Crippen molar-refractivity contribution in [1.82, 2.24) is 10.1 Å². The highest BCUT2D eigenvalue weighted by Crippen LogP contribution is 2.35. The van der Waals surface area contributed by atoms with E-state index < -0.39 is 6.17 Å². The van der Waals surface area contributed by atoms with E-state index in [-0.39, 0.29) is 5.91 Å². The molecule has 1 unspecified atom stereocenters. The quantitative estimate of drug-likeness (QED) is 0.507. The number of nitrogens with zero attached hydrogens (tertiary/aromatic N) is 6. The number of ether oxygens (including phenoxy) is 1. The summed E-state index contributed by atoms with van der Waals surface area (Å²) in [5.41, 5.74) is 2.92. The lowest BCUT2D eigenvalue weighted by Gasteiger charge is -2.29. The predicted molar refractivity (Wildman–Crippen MR) is 125 cm³/mol. The van der Waals surface area contributed by atoms with Gasteiger partial charge in [-0.05, 0) is 31.2 Å². The van der Waals surface area contributed by atoms with Gasteiger partial charge in [-0.3, -0.25) is 9.69 Å². The lowest BCUT2D eigenvalue weighted by molar-refractivity contribution is -0.114. The molecular formula is C22H17ClN6O3S. The van der Waals surface area contributed by atoms with Crippen LogP contribution in [0, 0.1) is 6.92 Å². The fourth-order valence-electron chi connectivity index (χ4n) is 3.39. The maximum absolute atomic E-state index is 13.2. The summed E-state index contributed by atoms with van der Waals surface area (Å²) in [6, 6.07) is 12.9. The molecule has 33 heavy (non-hydrogen) atoms. The third kappa shape index (κ3) is 4.14. The molecule has 166 valence electrons. The first-order valence-corrected chi connectivity index (χ1v) is 11.3. The summed E-state index contributed by atoms with van der Waals surface area (Å²) in [5.74, 6) is 1.47. The minimum atomic E-state index is -0.657. The Kier molecular flexibility index (Phi) is 5.69. The van der Waals surface area contributed by atoms with Crippen molar-refractivity contribution < 1.29 is 14.1 Å². The number of aromatic nitrogens is 2. The van der Waals surface area contributed by atoms with Gasteiger partial charge in [0.05, 0.1) is 35.3 Å². The fraction of sp³-hybridized carbons (Fsp3) is 0.182. The molecule has 9 nitrogen and oxygen atoms in total. The van der Waals surface area contributed by atoms with Crippen LogP contribution in [0.5, 0.6) is 5.75 Å². The summed E-state index contributed by atoms with van der Waals surface area (Å²) in [4.78, 5) is 23.8. The van der Waals surface area contributed by atoms with Gasteiger partial charge in [0.1, 0.15) is 5.75 Å². The van der Waals surface area contributed by atoms with E-state index in [1.807, 2.05) is 31.2 Å². The smallest absolute Gasteiger partial charge is 0.266 e. The number of azo groups is 1. The number of hydrogen-bond donors (Lipinski definition) is 0. The van der Waals surface area contributed by atoms with E-state index >= 15 is 0 Å². The van der Waals surface area contributed by atoms with Crippen LogP contribution in [0.2, 0.25) is 5.02 Å². The van der Waals surface area contributed by atoms with Crippen LogP contribution in [0.3, 0.4) is 0 Å². The molecule has 0 fully saturated rings. The van der Waals surface area contributed by atoms with Crippen molar-refractivity contribution in [1.29, 1.82) is 0 Å². The van der Waals surface area contributed by atoms with Crippen LogP contribution in [-0.4, -0.2) is 34.5 Å². The highest BCUT2D eigenvalue weighted by molar-refractivity contribution is 8.13. The van der Waals surface area contributed by atoms with E-state index in [1.54, 1.807) is 18.2 Å². The number of anilines is 1. The van der Waals surface area contributed by atoms with Gasteiger partial charge in [-0.1, -0.05) is 52.3 Å². The normalized spacial score (nSPS) is 17.1. The SMILES string of the molecule is COc1ccc(N2C(=O)C3=CN=NC3N=C2SCc2nc(-c3cccc(C)c3)no2)cc1Cl. The number of thioether (sulfide) groups is 1. The number of rotatable bonds is 5. The first kappa shape index (κ1) is 21.4. The van der Waals surface area contributed by atoms with Crippen molar-refractivity contribution in [3.05, 3.63) is 70.7 Å². The largest absolute Gasteiger partial charge is 0.495 e. The van der Waals surface area contributed by atoms with Gasteiger partial charge in [0, 0.05) is 5.56 Å². The third-order valence-electron chi connectivity index (χ3n) is 4.99. The van der Waals surface area contributed by atoms with E-state index in [0.29, 0.717) is 44.7 Å². The molecule has 0 N–H and O–H groups in total. The molecule has 0 saturated carbocycles. The van der Waals surface area contributed by atoms with Crippen molar-refractivity contribution in [2.45, 2.75) is 18.8 Å². The molecule has 2 aliphatic rings. The molecule has 1 aromatic heterocycles. The molecule has 5 rings (SSSR count). The molecule has 0 bridgehead atoms. The van der Waals surface area contributed by atoms with Gasteiger partial charge < -0.3 is 9.26 Å². The fourth-order valence-corrected chi connectivity index (χ4v) is 4.51. The van der Waals surface area contributed by atoms with Crippen molar-refractivity contribution in [3.8, 4) is 17.1 Å². The Morgan fingerprint density at radius 2 is 2.12 bits per heavy atom. The van der Waals surface area contributed by atoms with E-state index in [4.69, 9.17) is 20.9 Å². The van der Waals surface area contributed by atoms with Crippen LogP contribution in [0.4, 0.5) is 5.69 Å². The average Bonchev–Trinajstić information content (AvgIpc) is 3.47. The summed E-state index contributed by atoms with van der Waals surface area (Å²) >= 11 is 7.60. The summed E-state index contributed by atoms with van der Waals surface area (Å²) in [7, 11) is 1.53. The monoisotopic (exact) mass is 480 g/mol. The van der Waals surface area contributed by atoms with Gasteiger partial charge >= 0.3 is 0 Å². The summed E-state index contributed by atoms with van der Waals surface area (Å²) in [5, 5.41) is 12.8. The summed E-state index contributed by atoms with van der Waals surface area (Å²) in [6.45, 7) is 2.00. The minimum absolute atomic E-state index is 0.269. The van der Waals surface area contributed by atoms with Crippen LogP contribution >= 0.6 is 23.4 Å². The molecule has 0 radical (unpaired) electrons. The topological polar surface area (TPSA) is 106 Å². The molecule has 0 spiro atoms. The maximum atomic E-state index is 13.2. The van der Waals surface area contributed by atoms with Gasteiger partial charge in [-0.25, -0.2) is 4.99 Å². The number of carbonyl (C=O) groups excluding carboxylic acids is 1. The number of benzene rings is 2. The first-order valence-electron chi connectivity index (χ1n) is 9.92. The number of amides is 1. The molecule has 1 atom stereocenters. The second-order valence-electron chi connectivity index (χ2n) is 7.23. The molecule has 1 amide bonds.